The van der Waals surface area contributed by atoms with Gasteiger partial charge in [-0.2, -0.15) is 0 Å². The fourth-order valence-corrected chi connectivity index (χ4v) is 4.07. The van der Waals surface area contributed by atoms with Gasteiger partial charge in [0.2, 0.25) is 0 Å². The van der Waals surface area contributed by atoms with Gasteiger partial charge in [0.05, 0.1) is 30.7 Å². The van der Waals surface area contributed by atoms with Gasteiger partial charge in [-0.1, -0.05) is 50.8 Å². The number of carbonyl (C=O) groups is 1. The van der Waals surface area contributed by atoms with E-state index in [-0.39, 0.29) is 40.8 Å². The molecule has 8 heteroatoms. The van der Waals surface area contributed by atoms with Gasteiger partial charge >= 0.3 is 5.97 Å². The van der Waals surface area contributed by atoms with Gasteiger partial charge in [0.25, 0.3) is 5.69 Å². The lowest BCUT2D eigenvalue weighted by Gasteiger charge is -2.32. The molecule has 0 radical (unpaired) electrons. The molecule has 8 nitrogen and oxygen atoms in total. The van der Waals surface area contributed by atoms with Crippen LogP contribution in [0.3, 0.4) is 0 Å². The molecule has 2 aromatic rings. The Bertz CT molecular complexity index is 1080. The third kappa shape index (κ3) is 4.30. The smallest absolute Gasteiger partial charge is 0.330 e. The summed E-state index contributed by atoms with van der Waals surface area (Å²) in [4.78, 5) is 24.3. The Labute approximate surface area is 186 Å². The van der Waals surface area contributed by atoms with Crippen LogP contribution >= 0.6 is 0 Å². The number of hydrogen-bond acceptors (Lipinski definition) is 7. The van der Waals surface area contributed by atoms with E-state index in [0.29, 0.717) is 6.54 Å². The number of benzene rings is 2. The van der Waals surface area contributed by atoms with Crippen LogP contribution in [-0.4, -0.2) is 42.3 Å². The number of methoxy groups -OCH3 is 1. The van der Waals surface area contributed by atoms with Crippen LogP contribution in [0.2, 0.25) is 0 Å². The SMILES string of the molecule is C=CC(=O)OCCN1c2ccccc2C(C)(C)C1/C=C/c1cc([N+](=O)[O-])cc(OC)c1O. The maximum Gasteiger partial charge on any atom is 0.330 e. The first kappa shape index (κ1) is 22.9. The van der Waals surface area contributed by atoms with Gasteiger partial charge < -0.3 is 19.5 Å². The summed E-state index contributed by atoms with van der Waals surface area (Å²) in [5, 5.41) is 21.8. The summed E-state index contributed by atoms with van der Waals surface area (Å²) < 4.78 is 10.3. The molecule has 0 aromatic heterocycles. The zero-order valence-electron chi connectivity index (χ0n) is 18.3. The number of fused-ring (bicyclic) bond motifs is 1. The van der Waals surface area contributed by atoms with Crippen LogP contribution < -0.4 is 9.64 Å². The van der Waals surface area contributed by atoms with Crippen molar-refractivity contribution in [2.45, 2.75) is 25.3 Å². The molecule has 0 bridgehead atoms. The average molecular weight is 438 g/mol. The van der Waals surface area contributed by atoms with E-state index in [2.05, 4.69) is 31.4 Å². The van der Waals surface area contributed by atoms with Crippen molar-refractivity contribution >= 4 is 23.4 Å². The van der Waals surface area contributed by atoms with Crippen LogP contribution in [0.4, 0.5) is 11.4 Å². The number of rotatable bonds is 8. The maximum absolute atomic E-state index is 11.5. The molecule has 32 heavy (non-hydrogen) atoms. The highest BCUT2D eigenvalue weighted by Crippen LogP contribution is 2.46. The van der Waals surface area contributed by atoms with Crippen molar-refractivity contribution in [3.05, 3.63) is 76.4 Å². The fourth-order valence-electron chi connectivity index (χ4n) is 4.07. The Kier molecular flexibility index (Phi) is 6.53. The number of ether oxygens (including phenoxy) is 2. The van der Waals surface area contributed by atoms with Crippen LogP contribution in [0.1, 0.15) is 25.0 Å². The first-order valence-corrected chi connectivity index (χ1v) is 10.1. The number of non-ortho nitro benzene ring substituents is 1. The molecular formula is C24H26N2O6. The van der Waals surface area contributed by atoms with E-state index in [9.17, 15) is 20.0 Å². The lowest BCUT2D eigenvalue weighted by molar-refractivity contribution is -0.385. The standard InChI is InChI=1S/C24H26N2O6/c1-5-22(27)32-13-12-25-19-9-7-6-8-18(19)24(2,3)21(25)11-10-16-14-17(26(29)30)15-20(31-4)23(16)28/h5-11,14-15,21,28H,1,12-13H2,2-4H3/b11-10+. The van der Waals surface area contributed by atoms with Crippen molar-refractivity contribution in [1.29, 1.82) is 0 Å². The number of aromatic hydroxyl groups is 1. The number of nitro groups is 1. The Hall–Kier alpha value is -3.81. The molecule has 0 aliphatic carbocycles. The van der Waals surface area contributed by atoms with Gasteiger partial charge in [-0.15, -0.1) is 0 Å². The highest BCUT2D eigenvalue weighted by Gasteiger charge is 2.42. The highest BCUT2D eigenvalue weighted by atomic mass is 16.6. The van der Waals surface area contributed by atoms with E-state index in [1.807, 2.05) is 24.3 Å². The van der Waals surface area contributed by atoms with Crippen LogP contribution in [0.5, 0.6) is 11.5 Å². The van der Waals surface area contributed by atoms with Crippen LogP contribution in [0.25, 0.3) is 6.08 Å². The Morgan fingerprint density at radius 3 is 2.72 bits per heavy atom. The van der Waals surface area contributed by atoms with Crippen molar-refractivity contribution in [2.75, 3.05) is 25.2 Å². The minimum Gasteiger partial charge on any atom is -0.504 e. The zero-order valence-corrected chi connectivity index (χ0v) is 18.3. The number of carbonyl (C=O) groups excluding carboxylic acids is 1. The van der Waals surface area contributed by atoms with Crippen molar-refractivity contribution in [3.8, 4) is 11.5 Å². The molecule has 1 N–H and O–H groups in total. The molecular weight excluding hydrogens is 412 g/mol. The second-order valence-electron chi connectivity index (χ2n) is 7.95. The molecule has 1 unspecified atom stereocenters. The third-order valence-electron chi connectivity index (χ3n) is 5.70. The van der Waals surface area contributed by atoms with Crippen molar-refractivity contribution < 1.29 is 24.3 Å². The van der Waals surface area contributed by atoms with Gasteiger partial charge in [-0.05, 0) is 11.6 Å². The molecule has 0 amide bonds. The van der Waals surface area contributed by atoms with Crippen LogP contribution in [0, 0.1) is 10.1 Å². The Morgan fingerprint density at radius 1 is 1.34 bits per heavy atom. The van der Waals surface area contributed by atoms with Gasteiger partial charge in [-0.25, -0.2) is 4.79 Å². The largest absolute Gasteiger partial charge is 0.504 e. The molecule has 1 heterocycles. The first-order valence-electron chi connectivity index (χ1n) is 10.1. The second-order valence-corrected chi connectivity index (χ2v) is 7.95. The molecule has 3 rings (SSSR count). The van der Waals surface area contributed by atoms with E-state index in [4.69, 9.17) is 9.47 Å². The van der Waals surface area contributed by atoms with Crippen molar-refractivity contribution in [2.24, 2.45) is 0 Å². The lowest BCUT2D eigenvalue weighted by atomic mass is 9.80. The number of anilines is 1. The number of nitro benzene ring substituents is 1. The second kappa shape index (κ2) is 9.13. The topological polar surface area (TPSA) is 102 Å². The van der Waals surface area contributed by atoms with E-state index < -0.39 is 10.9 Å². The number of para-hydroxylation sites is 1. The monoisotopic (exact) mass is 438 g/mol. The summed E-state index contributed by atoms with van der Waals surface area (Å²) >= 11 is 0. The minimum atomic E-state index is -0.533. The van der Waals surface area contributed by atoms with Gasteiger partial charge in [0.1, 0.15) is 6.61 Å². The fraction of sp³-hybridized carbons (Fsp3) is 0.292. The zero-order chi connectivity index (χ0) is 23.5. The molecule has 1 atom stereocenters. The quantitative estimate of drug-likeness (QED) is 0.285. The maximum atomic E-state index is 11.5. The summed E-state index contributed by atoms with van der Waals surface area (Å²) in [5.74, 6) is -0.632. The summed E-state index contributed by atoms with van der Waals surface area (Å²) in [6.07, 6.45) is 4.68. The molecule has 1 aliphatic heterocycles. The van der Waals surface area contributed by atoms with Gasteiger partial charge in [-0.3, -0.25) is 10.1 Å². The molecule has 168 valence electrons. The number of phenols is 1. The number of esters is 1. The van der Waals surface area contributed by atoms with Crippen molar-refractivity contribution in [3.63, 3.8) is 0 Å². The van der Waals surface area contributed by atoms with Gasteiger partial charge in [0, 0.05) is 28.8 Å². The lowest BCUT2D eigenvalue weighted by Crippen LogP contribution is -2.41. The summed E-state index contributed by atoms with van der Waals surface area (Å²) in [7, 11) is 1.34. The van der Waals surface area contributed by atoms with Crippen LogP contribution in [0.15, 0.2) is 55.1 Å². The molecule has 2 aromatic carbocycles. The van der Waals surface area contributed by atoms with Crippen molar-refractivity contribution in [1.82, 2.24) is 0 Å². The minimum absolute atomic E-state index is 0.0287. The van der Waals surface area contributed by atoms with Crippen LogP contribution in [-0.2, 0) is 14.9 Å². The highest BCUT2D eigenvalue weighted by molar-refractivity contribution is 5.81. The first-order chi connectivity index (χ1) is 15.2. The van der Waals surface area contributed by atoms with E-state index in [1.54, 1.807) is 6.08 Å². The Balaban J connectivity index is 1.98. The normalized spacial score (nSPS) is 16.6. The Morgan fingerprint density at radius 2 is 2.06 bits per heavy atom. The summed E-state index contributed by atoms with van der Waals surface area (Å²) in [5.41, 5.74) is 1.94. The number of phenolic OH excluding ortho intramolecular Hbond substituents is 1. The average Bonchev–Trinajstić information content (AvgIpc) is 2.99. The molecule has 0 fully saturated rings. The molecule has 0 saturated carbocycles. The number of nitrogens with zero attached hydrogens (tertiary/aromatic N) is 2. The molecule has 0 saturated heterocycles. The van der Waals surface area contributed by atoms with E-state index in [0.717, 1.165) is 17.3 Å². The van der Waals surface area contributed by atoms with E-state index in [1.165, 1.54) is 19.2 Å². The molecule has 0 spiro atoms. The number of hydrogen-bond donors (Lipinski definition) is 1. The predicted octanol–water partition coefficient (Wildman–Crippen LogP) is 4.22. The summed E-state index contributed by atoms with van der Waals surface area (Å²) in [6.45, 7) is 8.23. The third-order valence-corrected chi connectivity index (χ3v) is 5.70. The predicted molar refractivity (Wildman–Crippen MR) is 122 cm³/mol. The summed E-state index contributed by atoms with van der Waals surface area (Å²) in [6, 6.07) is 10.3. The molecule has 1 aliphatic rings. The van der Waals surface area contributed by atoms with Gasteiger partial charge in [0.15, 0.2) is 11.5 Å². The van der Waals surface area contributed by atoms with E-state index >= 15 is 0 Å².